The van der Waals surface area contributed by atoms with Crippen LogP contribution in [0, 0.1) is 23.2 Å². The summed E-state index contributed by atoms with van der Waals surface area (Å²) in [5.74, 6) is -0.295. The topological polar surface area (TPSA) is 49.8 Å². The summed E-state index contributed by atoms with van der Waals surface area (Å²) in [4.78, 5) is 14.0. The predicted molar refractivity (Wildman–Crippen MR) is 69.4 cm³/mol. The molecule has 2 fully saturated rings. The maximum atomic E-state index is 11.6. The minimum absolute atomic E-state index is 0.130. The van der Waals surface area contributed by atoms with Crippen molar-refractivity contribution >= 4 is 5.97 Å². The molecule has 2 aliphatic rings. The van der Waals surface area contributed by atoms with Gasteiger partial charge in [0.1, 0.15) is 0 Å². The first kappa shape index (κ1) is 13.8. The number of hydrogen-bond donors (Lipinski definition) is 1. The highest BCUT2D eigenvalue weighted by Gasteiger charge is 2.55. The molecule has 2 aliphatic heterocycles. The molecule has 2 rings (SSSR count). The fourth-order valence-corrected chi connectivity index (χ4v) is 3.84. The van der Waals surface area contributed by atoms with Crippen molar-refractivity contribution in [1.82, 2.24) is 4.90 Å². The maximum Gasteiger partial charge on any atom is 0.307 e. The smallest absolute Gasteiger partial charge is 0.307 e. The Labute approximate surface area is 109 Å². The van der Waals surface area contributed by atoms with Gasteiger partial charge in [-0.05, 0) is 38.3 Å². The first-order valence-electron chi connectivity index (χ1n) is 6.96. The summed E-state index contributed by atoms with van der Waals surface area (Å²) in [7, 11) is 2.13. The molecule has 0 aromatic carbocycles. The second kappa shape index (κ2) is 5.17. The first-order valence-corrected chi connectivity index (χ1v) is 6.96. The van der Waals surface area contributed by atoms with Gasteiger partial charge in [-0.25, -0.2) is 0 Å². The number of hydrogen-bond acceptors (Lipinski definition) is 3. The van der Waals surface area contributed by atoms with Gasteiger partial charge in [-0.2, -0.15) is 0 Å². The molecule has 0 amide bonds. The summed E-state index contributed by atoms with van der Waals surface area (Å²) in [6, 6.07) is 0. The normalized spacial score (nSPS) is 29.9. The van der Waals surface area contributed by atoms with Gasteiger partial charge in [-0.15, -0.1) is 0 Å². The van der Waals surface area contributed by atoms with Crippen LogP contribution in [0.1, 0.15) is 26.7 Å². The summed E-state index contributed by atoms with van der Waals surface area (Å²) >= 11 is 0. The number of carbonyl (C=O) groups is 1. The fourth-order valence-electron chi connectivity index (χ4n) is 3.84. The van der Waals surface area contributed by atoms with Gasteiger partial charge in [-0.1, -0.05) is 13.8 Å². The van der Waals surface area contributed by atoms with Crippen molar-refractivity contribution in [2.75, 3.05) is 33.4 Å². The van der Waals surface area contributed by atoms with E-state index in [1.807, 2.05) is 13.8 Å². The van der Waals surface area contributed by atoms with Gasteiger partial charge in [0.25, 0.3) is 0 Å². The number of carboxylic acids is 1. The van der Waals surface area contributed by atoms with Gasteiger partial charge >= 0.3 is 5.97 Å². The number of carboxylic acid groups (broad SMARTS) is 1. The Bertz CT molecular complexity index is 312. The van der Waals surface area contributed by atoms with Crippen LogP contribution in [-0.2, 0) is 9.53 Å². The zero-order chi connectivity index (χ0) is 13.3. The second-order valence-electron chi connectivity index (χ2n) is 6.39. The van der Waals surface area contributed by atoms with E-state index in [0.717, 1.165) is 19.5 Å². The number of piperidine rings is 1. The minimum atomic E-state index is -0.651. The zero-order valence-electron chi connectivity index (χ0n) is 11.7. The Kier molecular flexibility index (Phi) is 3.97. The van der Waals surface area contributed by atoms with E-state index in [0.29, 0.717) is 19.1 Å². The van der Waals surface area contributed by atoms with E-state index in [4.69, 9.17) is 4.74 Å². The van der Waals surface area contributed by atoms with Crippen LogP contribution in [0.3, 0.4) is 0 Å². The molecule has 18 heavy (non-hydrogen) atoms. The van der Waals surface area contributed by atoms with Gasteiger partial charge in [0.05, 0.1) is 19.1 Å². The molecule has 0 spiro atoms. The van der Waals surface area contributed by atoms with Gasteiger partial charge in [-0.3, -0.25) is 4.79 Å². The van der Waals surface area contributed by atoms with Crippen molar-refractivity contribution in [2.45, 2.75) is 26.7 Å². The van der Waals surface area contributed by atoms with E-state index in [2.05, 4.69) is 11.9 Å². The van der Waals surface area contributed by atoms with Crippen molar-refractivity contribution in [3.8, 4) is 0 Å². The average molecular weight is 255 g/mol. The first-order chi connectivity index (χ1) is 8.47. The van der Waals surface area contributed by atoms with Gasteiger partial charge in [0.2, 0.25) is 0 Å². The van der Waals surface area contributed by atoms with Crippen LogP contribution in [0.25, 0.3) is 0 Å². The number of aliphatic carboxylic acids is 1. The summed E-state index contributed by atoms with van der Waals surface area (Å²) < 4.78 is 5.43. The average Bonchev–Trinajstić information content (AvgIpc) is 2.21. The van der Waals surface area contributed by atoms with Crippen LogP contribution >= 0.6 is 0 Å². The molecule has 0 radical (unpaired) electrons. The third-order valence-corrected chi connectivity index (χ3v) is 4.73. The highest BCUT2D eigenvalue weighted by molar-refractivity contribution is 5.71. The standard InChI is InChI=1S/C14H25NO3/c1-10(2)12(13(16)17)14(8-18-9-14)11-5-4-6-15(3)7-11/h10-12H,4-9H2,1-3H3,(H,16,17). The van der Waals surface area contributed by atoms with Gasteiger partial charge < -0.3 is 14.7 Å². The van der Waals surface area contributed by atoms with Crippen LogP contribution in [0.2, 0.25) is 0 Å². The van der Waals surface area contributed by atoms with Crippen molar-refractivity contribution < 1.29 is 14.6 Å². The van der Waals surface area contributed by atoms with Crippen LogP contribution in [0.15, 0.2) is 0 Å². The van der Waals surface area contributed by atoms with E-state index in [-0.39, 0.29) is 17.3 Å². The summed E-state index contributed by atoms with van der Waals surface area (Å²) in [5.41, 5.74) is -0.130. The third kappa shape index (κ3) is 2.28. The Balaban J connectivity index is 2.20. The molecule has 0 aliphatic carbocycles. The van der Waals surface area contributed by atoms with Crippen molar-refractivity contribution in [1.29, 1.82) is 0 Å². The molecule has 1 N–H and O–H groups in total. The van der Waals surface area contributed by atoms with E-state index < -0.39 is 5.97 Å². The molecule has 2 heterocycles. The molecule has 0 aromatic rings. The lowest BCUT2D eigenvalue weighted by Gasteiger charge is -2.54. The monoisotopic (exact) mass is 255 g/mol. The lowest BCUT2D eigenvalue weighted by molar-refractivity contribution is -0.206. The van der Waals surface area contributed by atoms with Crippen LogP contribution in [0.5, 0.6) is 0 Å². The Morgan fingerprint density at radius 1 is 1.44 bits per heavy atom. The molecule has 4 heteroatoms. The number of ether oxygens (including phenoxy) is 1. The Morgan fingerprint density at radius 3 is 2.50 bits per heavy atom. The van der Waals surface area contributed by atoms with E-state index >= 15 is 0 Å². The maximum absolute atomic E-state index is 11.6. The zero-order valence-corrected chi connectivity index (χ0v) is 11.7. The summed E-state index contributed by atoms with van der Waals surface area (Å²) in [6.07, 6.45) is 2.32. The van der Waals surface area contributed by atoms with Gasteiger partial charge in [0, 0.05) is 12.0 Å². The molecular weight excluding hydrogens is 230 g/mol. The van der Waals surface area contributed by atoms with Crippen molar-refractivity contribution in [2.24, 2.45) is 23.2 Å². The van der Waals surface area contributed by atoms with E-state index in [1.165, 1.54) is 6.42 Å². The molecule has 104 valence electrons. The molecule has 2 saturated heterocycles. The summed E-state index contributed by atoms with van der Waals surface area (Å²) in [5, 5.41) is 9.57. The minimum Gasteiger partial charge on any atom is -0.481 e. The highest BCUT2D eigenvalue weighted by atomic mass is 16.5. The van der Waals surface area contributed by atoms with Crippen molar-refractivity contribution in [3.05, 3.63) is 0 Å². The largest absolute Gasteiger partial charge is 0.481 e. The Hall–Kier alpha value is -0.610. The molecule has 4 nitrogen and oxygen atoms in total. The SMILES string of the molecule is CC(C)C(C(=O)O)C1(C2CCCN(C)C2)COC1. The predicted octanol–water partition coefficient (Wildman–Crippen LogP) is 1.70. The molecule has 0 saturated carbocycles. The highest BCUT2D eigenvalue weighted by Crippen LogP contribution is 2.49. The molecule has 2 atom stereocenters. The molecular formula is C14H25NO3. The second-order valence-corrected chi connectivity index (χ2v) is 6.39. The van der Waals surface area contributed by atoms with Gasteiger partial charge in [0.15, 0.2) is 0 Å². The third-order valence-electron chi connectivity index (χ3n) is 4.73. The van der Waals surface area contributed by atoms with E-state index in [9.17, 15) is 9.90 Å². The van der Waals surface area contributed by atoms with Crippen LogP contribution in [0.4, 0.5) is 0 Å². The molecule has 0 bridgehead atoms. The van der Waals surface area contributed by atoms with Crippen molar-refractivity contribution in [3.63, 3.8) is 0 Å². The number of rotatable bonds is 4. The fraction of sp³-hybridized carbons (Fsp3) is 0.929. The molecule has 0 aromatic heterocycles. The lowest BCUT2D eigenvalue weighted by Crippen LogP contribution is -2.60. The quantitative estimate of drug-likeness (QED) is 0.830. The Morgan fingerprint density at radius 2 is 2.11 bits per heavy atom. The number of likely N-dealkylation sites (tertiary alicyclic amines) is 1. The van der Waals surface area contributed by atoms with Crippen LogP contribution < -0.4 is 0 Å². The molecule has 2 unspecified atom stereocenters. The number of nitrogens with zero attached hydrogens (tertiary/aromatic N) is 1. The van der Waals surface area contributed by atoms with Crippen LogP contribution in [-0.4, -0.2) is 49.3 Å². The summed E-state index contributed by atoms with van der Waals surface area (Å²) in [6.45, 7) is 7.44. The van der Waals surface area contributed by atoms with E-state index in [1.54, 1.807) is 0 Å². The lowest BCUT2D eigenvalue weighted by atomic mass is 9.59.